The lowest BCUT2D eigenvalue weighted by molar-refractivity contribution is 0.117. The number of rotatable bonds is 8. The lowest BCUT2D eigenvalue weighted by Crippen LogP contribution is -2.25. The first-order chi connectivity index (χ1) is 9.15. The van der Waals surface area contributed by atoms with Crippen LogP contribution < -0.4 is 19.5 Å². The SMILES string of the molecule is COc1cc(CNCC(C)OC)cc(OC)c1OC. The van der Waals surface area contributed by atoms with Crippen LogP contribution in [0.2, 0.25) is 0 Å². The predicted molar refractivity (Wildman–Crippen MR) is 74.3 cm³/mol. The molecule has 1 N–H and O–H groups in total. The van der Waals surface area contributed by atoms with Crippen molar-refractivity contribution < 1.29 is 18.9 Å². The summed E-state index contributed by atoms with van der Waals surface area (Å²) < 4.78 is 21.1. The highest BCUT2D eigenvalue weighted by molar-refractivity contribution is 5.53. The molecule has 1 unspecified atom stereocenters. The number of hydrogen-bond donors (Lipinski definition) is 1. The van der Waals surface area contributed by atoms with Gasteiger partial charge in [-0.3, -0.25) is 0 Å². The van der Waals surface area contributed by atoms with Crippen LogP contribution >= 0.6 is 0 Å². The van der Waals surface area contributed by atoms with Crippen LogP contribution in [-0.2, 0) is 11.3 Å². The smallest absolute Gasteiger partial charge is 0.203 e. The molecule has 1 rings (SSSR count). The van der Waals surface area contributed by atoms with Crippen molar-refractivity contribution in [3.63, 3.8) is 0 Å². The number of methoxy groups -OCH3 is 4. The van der Waals surface area contributed by atoms with E-state index < -0.39 is 0 Å². The van der Waals surface area contributed by atoms with Gasteiger partial charge in [0.1, 0.15) is 0 Å². The van der Waals surface area contributed by atoms with E-state index in [2.05, 4.69) is 5.32 Å². The van der Waals surface area contributed by atoms with E-state index in [1.807, 2.05) is 19.1 Å². The summed E-state index contributed by atoms with van der Waals surface area (Å²) in [5, 5.41) is 3.32. The highest BCUT2D eigenvalue weighted by atomic mass is 16.5. The van der Waals surface area contributed by atoms with E-state index >= 15 is 0 Å². The second-order valence-electron chi connectivity index (χ2n) is 4.21. The van der Waals surface area contributed by atoms with Crippen molar-refractivity contribution in [2.45, 2.75) is 19.6 Å². The largest absolute Gasteiger partial charge is 0.493 e. The van der Waals surface area contributed by atoms with Gasteiger partial charge in [0, 0.05) is 20.2 Å². The minimum Gasteiger partial charge on any atom is -0.493 e. The molecule has 0 aliphatic carbocycles. The molecule has 1 aromatic carbocycles. The van der Waals surface area contributed by atoms with E-state index in [0.29, 0.717) is 23.8 Å². The maximum Gasteiger partial charge on any atom is 0.203 e. The quantitative estimate of drug-likeness (QED) is 0.780. The van der Waals surface area contributed by atoms with Crippen LogP contribution in [0.3, 0.4) is 0 Å². The van der Waals surface area contributed by atoms with Crippen molar-refractivity contribution in [3.05, 3.63) is 17.7 Å². The minimum absolute atomic E-state index is 0.182. The molecule has 0 bridgehead atoms. The standard InChI is InChI=1S/C14H23NO4/c1-10(16-2)8-15-9-11-6-12(17-3)14(19-5)13(7-11)18-4/h6-7,10,15H,8-9H2,1-5H3. The Morgan fingerprint density at radius 3 is 2.00 bits per heavy atom. The molecule has 0 radical (unpaired) electrons. The van der Waals surface area contributed by atoms with Gasteiger partial charge >= 0.3 is 0 Å². The molecule has 0 aliphatic heterocycles. The van der Waals surface area contributed by atoms with E-state index in [4.69, 9.17) is 18.9 Å². The second kappa shape index (κ2) is 7.86. The molecule has 108 valence electrons. The average molecular weight is 269 g/mol. The molecule has 5 nitrogen and oxygen atoms in total. The number of benzene rings is 1. The van der Waals surface area contributed by atoms with Crippen LogP contribution in [0.4, 0.5) is 0 Å². The number of ether oxygens (including phenoxy) is 4. The fourth-order valence-corrected chi connectivity index (χ4v) is 1.74. The summed E-state index contributed by atoms with van der Waals surface area (Å²) in [6, 6.07) is 3.87. The summed E-state index contributed by atoms with van der Waals surface area (Å²) in [7, 11) is 6.52. The summed E-state index contributed by atoms with van der Waals surface area (Å²) >= 11 is 0. The third-order valence-electron chi connectivity index (χ3n) is 2.89. The molecule has 0 saturated carbocycles. The molecule has 0 aromatic heterocycles. The van der Waals surface area contributed by atoms with E-state index in [1.54, 1.807) is 28.4 Å². The summed E-state index contributed by atoms with van der Waals surface area (Å²) in [5.74, 6) is 1.94. The zero-order valence-electron chi connectivity index (χ0n) is 12.3. The molecule has 0 fully saturated rings. The topological polar surface area (TPSA) is 49.0 Å². The van der Waals surface area contributed by atoms with Crippen LogP contribution in [0.25, 0.3) is 0 Å². The molecular formula is C14H23NO4. The highest BCUT2D eigenvalue weighted by Crippen LogP contribution is 2.38. The third-order valence-corrected chi connectivity index (χ3v) is 2.89. The van der Waals surface area contributed by atoms with Gasteiger partial charge in [-0.1, -0.05) is 0 Å². The maximum absolute atomic E-state index is 5.31. The van der Waals surface area contributed by atoms with Gasteiger partial charge in [-0.15, -0.1) is 0 Å². The van der Waals surface area contributed by atoms with Gasteiger partial charge < -0.3 is 24.3 Å². The zero-order chi connectivity index (χ0) is 14.3. The Hall–Kier alpha value is -1.46. The molecule has 19 heavy (non-hydrogen) atoms. The van der Waals surface area contributed by atoms with Crippen LogP contribution in [0.15, 0.2) is 12.1 Å². The van der Waals surface area contributed by atoms with Crippen LogP contribution in [0.1, 0.15) is 12.5 Å². The number of nitrogens with one attached hydrogen (secondary N) is 1. The normalized spacial score (nSPS) is 12.1. The Morgan fingerprint density at radius 1 is 1.00 bits per heavy atom. The van der Waals surface area contributed by atoms with Gasteiger partial charge in [0.15, 0.2) is 11.5 Å². The van der Waals surface area contributed by atoms with E-state index in [9.17, 15) is 0 Å². The Bertz CT molecular complexity index is 370. The van der Waals surface area contributed by atoms with Gasteiger partial charge in [0.2, 0.25) is 5.75 Å². The van der Waals surface area contributed by atoms with Gasteiger partial charge in [0.05, 0.1) is 27.4 Å². The van der Waals surface area contributed by atoms with E-state index in [0.717, 1.165) is 12.1 Å². The lowest BCUT2D eigenvalue weighted by Gasteiger charge is -2.15. The monoisotopic (exact) mass is 269 g/mol. The maximum atomic E-state index is 5.31. The Kier molecular flexibility index (Phi) is 6.45. The van der Waals surface area contributed by atoms with Crippen LogP contribution in [0.5, 0.6) is 17.2 Å². The first-order valence-electron chi connectivity index (χ1n) is 6.18. The first kappa shape index (κ1) is 15.6. The fourth-order valence-electron chi connectivity index (χ4n) is 1.74. The lowest BCUT2D eigenvalue weighted by atomic mass is 10.1. The third kappa shape index (κ3) is 4.29. The van der Waals surface area contributed by atoms with E-state index in [1.165, 1.54) is 0 Å². The molecule has 0 heterocycles. The zero-order valence-corrected chi connectivity index (χ0v) is 12.3. The van der Waals surface area contributed by atoms with Crippen molar-refractivity contribution in [2.75, 3.05) is 35.0 Å². The van der Waals surface area contributed by atoms with Crippen LogP contribution in [-0.4, -0.2) is 41.1 Å². The van der Waals surface area contributed by atoms with Crippen molar-refractivity contribution in [2.24, 2.45) is 0 Å². The molecule has 0 saturated heterocycles. The fraction of sp³-hybridized carbons (Fsp3) is 0.571. The molecule has 0 aliphatic rings. The summed E-state index contributed by atoms with van der Waals surface area (Å²) in [6.07, 6.45) is 0.182. The highest BCUT2D eigenvalue weighted by Gasteiger charge is 2.12. The van der Waals surface area contributed by atoms with E-state index in [-0.39, 0.29) is 6.10 Å². The predicted octanol–water partition coefficient (Wildman–Crippen LogP) is 1.84. The second-order valence-corrected chi connectivity index (χ2v) is 4.21. The Labute approximate surface area is 114 Å². The summed E-state index contributed by atoms with van der Waals surface area (Å²) in [6.45, 7) is 3.51. The molecule has 5 heteroatoms. The van der Waals surface area contributed by atoms with Crippen molar-refractivity contribution >= 4 is 0 Å². The van der Waals surface area contributed by atoms with Crippen LogP contribution in [0, 0.1) is 0 Å². The number of hydrogen-bond acceptors (Lipinski definition) is 5. The van der Waals surface area contributed by atoms with Gasteiger partial charge in [-0.25, -0.2) is 0 Å². The minimum atomic E-state index is 0.182. The molecule has 0 amide bonds. The molecular weight excluding hydrogens is 246 g/mol. The Balaban J connectivity index is 2.79. The van der Waals surface area contributed by atoms with Crippen molar-refractivity contribution in [3.8, 4) is 17.2 Å². The first-order valence-corrected chi connectivity index (χ1v) is 6.18. The average Bonchev–Trinajstić information content (AvgIpc) is 2.45. The summed E-state index contributed by atoms with van der Waals surface area (Å²) in [5.41, 5.74) is 1.07. The van der Waals surface area contributed by atoms with Gasteiger partial charge in [-0.2, -0.15) is 0 Å². The summed E-state index contributed by atoms with van der Waals surface area (Å²) in [4.78, 5) is 0. The van der Waals surface area contributed by atoms with Gasteiger partial charge in [-0.05, 0) is 24.6 Å². The Morgan fingerprint density at radius 2 is 1.58 bits per heavy atom. The van der Waals surface area contributed by atoms with Gasteiger partial charge in [0.25, 0.3) is 0 Å². The molecule has 1 atom stereocenters. The van der Waals surface area contributed by atoms with Crippen molar-refractivity contribution in [1.29, 1.82) is 0 Å². The van der Waals surface area contributed by atoms with Crippen molar-refractivity contribution in [1.82, 2.24) is 5.32 Å². The molecule has 1 aromatic rings. The molecule has 0 spiro atoms.